The Kier molecular flexibility index (Phi) is 6.55. The SMILES string of the molecule is CCc1ccc(NC(=O)c2ccc(OC)c(COc3ccc(C)c(C)c3)c2)cc1. The lowest BCUT2D eigenvalue weighted by atomic mass is 10.1. The normalized spacial score (nSPS) is 10.5. The zero-order valence-corrected chi connectivity index (χ0v) is 17.4. The molecule has 1 N–H and O–H groups in total. The predicted molar refractivity (Wildman–Crippen MR) is 117 cm³/mol. The van der Waals surface area contributed by atoms with E-state index in [1.54, 1.807) is 19.2 Å². The molecule has 3 aromatic carbocycles. The minimum absolute atomic E-state index is 0.163. The van der Waals surface area contributed by atoms with Crippen molar-refractivity contribution >= 4 is 11.6 Å². The molecule has 150 valence electrons. The topological polar surface area (TPSA) is 47.6 Å². The Hall–Kier alpha value is -3.27. The van der Waals surface area contributed by atoms with Gasteiger partial charge in [0.25, 0.3) is 5.91 Å². The van der Waals surface area contributed by atoms with E-state index in [1.165, 1.54) is 16.7 Å². The zero-order chi connectivity index (χ0) is 20.8. The molecule has 1 amide bonds. The molecule has 0 aliphatic rings. The van der Waals surface area contributed by atoms with E-state index in [0.717, 1.165) is 23.4 Å². The van der Waals surface area contributed by atoms with E-state index in [-0.39, 0.29) is 5.91 Å². The molecule has 4 nitrogen and oxygen atoms in total. The second kappa shape index (κ2) is 9.28. The Balaban J connectivity index is 1.74. The second-order valence-electron chi connectivity index (χ2n) is 7.07. The summed E-state index contributed by atoms with van der Waals surface area (Å²) in [5, 5.41) is 2.94. The van der Waals surface area contributed by atoms with E-state index in [2.05, 4.69) is 26.1 Å². The van der Waals surface area contributed by atoms with Crippen molar-refractivity contribution in [1.29, 1.82) is 0 Å². The maximum atomic E-state index is 12.7. The molecule has 0 fully saturated rings. The fraction of sp³-hybridized carbons (Fsp3) is 0.240. The van der Waals surface area contributed by atoms with Crippen molar-refractivity contribution in [3.05, 3.63) is 88.5 Å². The first-order valence-corrected chi connectivity index (χ1v) is 9.77. The van der Waals surface area contributed by atoms with Gasteiger partial charge in [0.1, 0.15) is 18.1 Å². The molecule has 0 spiro atoms. The quantitative estimate of drug-likeness (QED) is 0.563. The highest BCUT2D eigenvalue weighted by Gasteiger charge is 2.12. The first-order chi connectivity index (χ1) is 14.0. The highest BCUT2D eigenvalue weighted by molar-refractivity contribution is 6.04. The fourth-order valence-corrected chi connectivity index (χ4v) is 3.02. The van der Waals surface area contributed by atoms with Gasteiger partial charge in [-0.1, -0.05) is 25.1 Å². The third kappa shape index (κ3) is 5.17. The molecule has 29 heavy (non-hydrogen) atoms. The van der Waals surface area contributed by atoms with Crippen molar-refractivity contribution in [2.45, 2.75) is 33.8 Å². The van der Waals surface area contributed by atoms with Crippen LogP contribution >= 0.6 is 0 Å². The minimum atomic E-state index is -0.163. The number of carbonyl (C=O) groups excluding carboxylic acids is 1. The number of ether oxygens (including phenoxy) is 2. The van der Waals surface area contributed by atoms with Crippen LogP contribution in [0.25, 0.3) is 0 Å². The number of nitrogens with one attached hydrogen (secondary N) is 1. The van der Waals surface area contributed by atoms with Crippen LogP contribution in [0.15, 0.2) is 60.7 Å². The Morgan fingerprint density at radius 1 is 0.931 bits per heavy atom. The van der Waals surface area contributed by atoms with Crippen molar-refractivity contribution < 1.29 is 14.3 Å². The van der Waals surface area contributed by atoms with Gasteiger partial charge in [-0.25, -0.2) is 0 Å². The molecule has 0 heterocycles. The Morgan fingerprint density at radius 2 is 1.69 bits per heavy atom. The lowest BCUT2D eigenvalue weighted by molar-refractivity contribution is 0.102. The summed E-state index contributed by atoms with van der Waals surface area (Å²) in [6.07, 6.45) is 0.969. The predicted octanol–water partition coefficient (Wildman–Crippen LogP) is 5.71. The second-order valence-corrected chi connectivity index (χ2v) is 7.07. The third-order valence-electron chi connectivity index (χ3n) is 5.04. The van der Waals surface area contributed by atoms with Gasteiger partial charge < -0.3 is 14.8 Å². The maximum Gasteiger partial charge on any atom is 0.255 e. The number of hydrogen-bond donors (Lipinski definition) is 1. The molecule has 0 aliphatic heterocycles. The summed E-state index contributed by atoms with van der Waals surface area (Å²) in [7, 11) is 1.61. The van der Waals surface area contributed by atoms with Crippen LogP contribution in [0.5, 0.6) is 11.5 Å². The smallest absolute Gasteiger partial charge is 0.255 e. The zero-order valence-electron chi connectivity index (χ0n) is 17.4. The van der Waals surface area contributed by atoms with Gasteiger partial charge in [-0.3, -0.25) is 4.79 Å². The molecule has 0 saturated carbocycles. The summed E-state index contributed by atoms with van der Waals surface area (Å²) in [4.78, 5) is 12.7. The Morgan fingerprint density at radius 3 is 2.34 bits per heavy atom. The monoisotopic (exact) mass is 389 g/mol. The van der Waals surface area contributed by atoms with Gasteiger partial charge in [0, 0.05) is 16.8 Å². The van der Waals surface area contributed by atoms with E-state index >= 15 is 0 Å². The van der Waals surface area contributed by atoms with Gasteiger partial charge in [-0.15, -0.1) is 0 Å². The summed E-state index contributed by atoms with van der Waals surface area (Å²) < 4.78 is 11.4. The number of aryl methyl sites for hydroxylation is 3. The van der Waals surface area contributed by atoms with Crippen LogP contribution in [0, 0.1) is 13.8 Å². The van der Waals surface area contributed by atoms with Crippen LogP contribution < -0.4 is 14.8 Å². The van der Waals surface area contributed by atoms with Crippen LogP contribution in [0.3, 0.4) is 0 Å². The standard InChI is InChI=1S/C25H27NO3/c1-5-19-7-10-22(11-8-19)26-25(27)20-9-13-24(28-4)21(15-20)16-29-23-12-6-17(2)18(3)14-23/h6-15H,5,16H2,1-4H3,(H,26,27). The molecule has 0 bridgehead atoms. The van der Waals surface area contributed by atoms with Crippen molar-refractivity contribution in [3.8, 4) is 11.5 Å². The largest absolute Gasteiger partial charge is 0.496 e. The molecule has 3 rings (SSSR count). The molecular weight excluding hydrogens is 362 g/mol. The number of benzene rings is 3. The van der Waals surface area contributed by atoms with Gasteiger partial charge in [0.05, 0.1) is 7.11 Å². The van der Waals surface area contributed by atoms with Crippen LogP contribution in [0.2, 0.25) is 0 Å². The lowest BCUT2D eigenvalue weighted by Crippen LogP contribution is -2.13. The van der Waals surface area contributed by atoms with Crippen LogP contribution in [0.1, 0.15) is 39.5 Å². The number of rotatable bonds is 7. The van der Waals surface area contributed by atoms with Crippen molar-refractivity contribution in [2.24, 2.45) is 0 Å². The highest BCUT2D eigenvalue weighted by Crippen LogP contribution is 2.24. The molecule has 0 radical (unpaired) electrons. The van der Waals surface area contributed by atoms with Crippen LogP contribution in [-0.2, 0) is 13.0 Å². The van der Waals surface area contributed by atoms with Crippen molar-refractivity contribution in [2.75, 3.05) is 12.4 Å². The average molecular weight is 389 g/mol. The Labute approximate surface area is 172 Å². The van der Waals surface area contributed by atoms with Gasteiger partial charge in [-0.05, 0) is 79.4 Å². The summed E-state index contributed by atoms with van der Waals surface area (Å²) in [5.74, 6) is 1.32. The molecule has 0 aromatic heterocycles. The number of amides is 1. The van der Waals surface area contributed by atoms with E-state index in [1.807, 2.05) is 48.5 Å². The number of hydrogen-bond acceptors (Lipinski definition) is 3. The first kappa shape index (κ1) is 20.5. The minimum Gasteiger partial charge on any atom is -0.496 e. The lowest BCUT2D eigenvalue weighted by Gasteiger charge is -2.13. The summed E-state index contributed by atoms with van der Waals surface area (Å²) in [6.45, 7) is 6.55. The average Bonchev–Trinajstić information content (AvgIpc) is 2.74. The van der Waals surface area contributed by atoms with Gasteiger partial charge in [0.15, 0.2) is 0 Å². The summed E-state index contributed by atoms with van der Waals surface area (Å²) >= 11 is 0. The van der Waals surface area contributed by atoms with Crippen LogP contribution in [0.4, 0.5) is 5.69 Å². The fourth-order valence-electron chi connectivity index (χ4n) is 3.02. The van der Waals surface area contributed by atoms with Gasteiger partial charge in [-0.2, -0.15) is 0 Å². The maximum absolute atomic E-state index is 12.7. The molecule has 0 aliphatic carbocycles. The number of carbonyl (C=O) groups is 1. The molecule has 3 aromatic rings. The summed E-state index contributed by atoms with van der Waals surface area (Å²) in [6, 6.07) is 19.3. The summed E-state index contributed by atoms with van der Waals surface area (Å²) in [5.41, 5.74) is 5.79. The van der Waals surface area contributed by atoms with Crippen molar-refractivity contribution in [3.63, 3.8) is 0 Å². The van der Waals surface area contributed by atoms with E-state index in [9.17, 15) is 4.79 Å². The molecule has 4 heteroatoms. The van der Waals surface area contributed by atoms with E-state index in [0.29, 0.717) is 17.9 Å². The van der Waals surface area contributed by atoms with E-state index in [4.69, 9.17) is 9.47 Å². The molecule has 0 unspecified atom stereocenters. The Bertz CT molecular complexity index is 993. The van der Waals surface area contributed by atoms with Gasteiger partial charge >= 0.3 is 0 Å². The molecule has 0 saturated heterocycles. The number of anilines is 1. The third-order valence-corrected chi connectivity index (χ3v) is 5.04. The molecule has 0 atom stereocenters. The first-order valence-electron chi connectivity index (χ1n) is 9.77. The van der Waals surface area contributed by atoms with Crippen LogP contribution in [-0.4, -0.2) is 13.0 Å². The van der Waals surface area contributed by atoms with Gasteiger partial charge in [0.2, 0.25) is 0 Å². The van der Waals surface area contributed by atoms with E-state index < -0.39 is 0 Å². The number of methoxy groups -OCH3 is 1. The highest BCUT2D eigenvalue weighted by atomic mass is 16.5. The van der Waals surface area contributed by atoms with Crippen molar-refractivity contribution in [1.82, 2.24) is 0 Å². The molecular formula is C25H27NO3.